The quantitative estimate of drug-likeness (QED) is 0.391. The van der Waals surface area contributed by atoms with Crippen molar-refractivity contribution in [3.8, 4) is 0 Å². The van der Waals surface area contributed by atoms with E-state index in [1.165, 1.54) is 11.0 Å². The molecule has 188 valence electrons. The highest BCUT2D eigenvalue weighted by atomic mass is 28.2. The van der Waals surface area contributed by atoms with Crippen molar-refractivity contribution in [1.29, 1.82) is 0 Å². The number of carbonyl (C=O) groups excluding carboxylic acids is 1. The molecular formula is C27H32F3NO3Si. The van der Waals surface area contributed by atoms with Gasteiger partial charge in [0.1, 0.15) is 6.61 Å². The number of nitrogens with zero attached hydrogens (tertiary/aromatic N) is 1. The third-order valence-corrected chi connectivity index (χ3v) is 6.88. The maximum atomic E-state index is 13.9. The van der Waals surface area contributed by atoms with Crippen LogP contribution in [-0.2, 0) is 27.5 Å². The molecule has 0 aromatic heterocycles. The SMILES string of the molecule is CC(C)(C)[Si]OC(C)(C)c1ccc(C(F)(F)F)c(C2=CCN(C(=O)OCc3ccccc3)CC2)c1. The molecule has 1 aliphatic rings. The molecule has 0 atom stereocenters. The Morgan fingerprint density at radius 3 is 2.29 bits per heavy atom. The minimum absolute atomic E-state index is 0.0452. The molecule has 3 rings (SSSR count). The lowest BCUT2D eigenvalue weighted by Crippen LogP contribution is -2.35. The maximum absolute atomic E-state index is 13.9. The topological polar surface area (TPSA) is 38.8 Å². The molecule has 0 bridgehead atoms. The van der Waals surface area contributed by atoms with E-state index in [2.05, 4.69) is 20.8 Å². The minimum Gasteiger partial charge on any atom is -0.445 e. The summed E-state index contributed by atoms with van der Waals surface area (Å²) in [6.07, 6.45) is -2.98. The van der Waals surface area contributed by atoms with Gasteiger partial charge >= 0.3 is 12.3 Å². The molecule has 2 aromatic rings. The largest absolute Gasteiger partial charge is 0.445 e. The van der Waals surface area contributed by atoms with E-state index in [4.69, 9.17) is 9.16 Å². The number of benzene rings is 2. The number of alkyl halides is 3. The van der Waals surface area contributed by atoms with Crippen molar-refractivity contribution in [2.75, 3.05) is 13.1 Å². The van der Waals surface area contributed by atoms with Crippen molar-refractivity contribution < 1.29 is 27.1 Å². The number of rotatable bonds is 6. The third-order valence-electron chi connectivity index (χ3n) is 5.65. The van der Waals surface area contributed by atoms with Gasteiger partial charge in [-0.2, -0.15) is 13.2 Å². The highest BCUT2D eigenvalue weighted by Crippen LogP contribution is 2.40. The van der Waals surface area contributed by atoms with Crippen LogP contribution in [0.1, 0.15) is 63.3 Å². The summed E-state index contributed by atoms with van der Waals surface area (Å²) in [5, 5.41) is -0.0452. The van der Waals surface area contributed by atoms with Gasteiger partial charge in [0, 0.05) is 13.1 Å². The Hall–Kier alpha value is -2.58. The van der Waals surface area contributed by atoms with Crippen LogP contribution in [0, 0.1) is 0 Å². The zero-order valence-corrected chi connectivity index (χ0v) is 21.8. The third kappa shape index (κ3) is 7.45. The van der Waals surface area contributed by atoms with Gasteiger partial charge in [-0.3, -0.25) is 0 Å². The summed E-state index contributed by atoms with van der Waals surface area (Å²) in [6, 6.07) is 13.5. The van der Waals surface area contributed by atoms with Crippen LogP contribution < -0.4 is 0 Å². The van der Waals surface area contributed by atoms with Crippen molar-refractivity contribution in [2.24, 2.45) is 0 Å². The number of ether oxygens (including phenoxy) is 1. The molecule has 0 unspecified atom stereocenters. The molecule has 8 heteroatoms. The summed E-state index contributed by atoms with van der Waals surface area (Å²) < 4.78 is 53.1. The number of hydrogen-bond donors (Lipinski definition) is 0. The Balaban J connectivity index is 1.79. The zero-order valence-electron chi connectivity index (χ0n) is 20.8. The summed E-state index contributed by atoms with van der Waals surface area (Å²) in [5.74, 6) is 0. The molecule has 1 aliphatic heterocycles. The average Bonchev–Trinajstić information content (AvgIpc) is 2.81. The fraction of sp³-hybridized carbons (Fsp3) is 0.444. The van der Waals surface area contributed by atoms with Crippen molar-refractivity contribution in [3.63, 3.8) is 0 Å². The van der Waals surface area contributed by atoms with Crippen LogP contribution in [0.2, 0.25) is 5.04 Å². The molecule has 0 saturated heterocycles. The molecule has 2 aromatic carbocycles. The van der Waals surface area contributed by atoms with E-state index in [1.54, 1.807) is 12.1 Å². The Kier molecular flexibility index (Phi) is 8.16. The summed E-state index contributed by atoms with van der Waals surface area (Å²) in [7, 11) is 0.196. The highest BCUT2D eigenvalue weighted by Gasteiger charge is 2.36. The van der Waals surface area contributed by atoms with E-state index < -0.39 is 23.4 Å². The van der Waals surface area contributed by atoms with Crippen molar-refractivity contribution in [3.05, 3.63) is 76.9 Å². The molecule has 0 spiro atoms. The van der Waals surface area contributed by atoms with Crippen LogP contribution in [0.15, 0.2) is 54.6 Å². The normalized spacial score (nSPS) is 15.1. The Labute approximate surface area is 208 Å². The molecule has 1 heterocycles. The summed E-state index contributed by atoms with van der Waals surface area (Å²) >= 11 is 0. The number of hydrogen-bond acceptors (Lipinski definition) is 3. The molecule has 1 amide bonds. The first-order valence-electron chi connectivity index (χ1n) is 11.6. The second-order valence-corrected chi connectivity index (χ2v) is 12.1. The standard InChI is InChI=1S/C27H32F3NO3Si/c1-25(2,3)35-34-26(4,5)21-11-12-23(27(28,29)30)22(17-21)20-13-15-31(16-14-20)24(32)33-18-19-9-7-6-8-10-19/h6-13,17H,14-16,18H2,1-5H3. The Morgan fingerprint density at radius 2 is 1.71 bits per heavy atom. The Morgan fingerprint density at radius 1 is 1.03 bits per heavy atom. The van der Waals surface area contributed by atoms with Crippen LogP contribution in [0.25, 0.3) is 5.57 Å². The van der Waals surface area contributed by atoms with Gasteiger partial charge in [0.15, 0.2) is 0 Å². The number of carbonyl (C=O) groups is 1. The van der Waals surface area contributed by atoms with E-state index in [0.717, 1.165) is 11.6 Å². The van der Waals surface area contributed by atoms with E-state index >= 15 is 0 Å². The van der Waals surface area contributed by atoms with E-state index in [-0.39, 0.29) is 40.1 Å². The van der Waals surface area contributed by atoms with Crippen molar-refractivity contribution in [1.82, 2.24) is 4.90 Å². The molecular weight excluding hydrogens is 471 g/mol. The van der Waals surface area contributed by atoms with E-state index in [1.807, 2.05) is 44.2 Å². The van der Waals surface area contributed by atoms with Crippen molar-refractivity contribution in [2.45, 2.75) is 64.5 Å². The van der Waals surface area contributed by atoms with Crippen LogP contribution in [0.5, 0.6) is 0 Å². The van der Waals surface area contributed by atoms with Gasteiger partial charge in [-0.05, 0) is 59.7 Å². The summed E-state index contributed by atoms with van der Waals surface area (Å²) in [5.41, 5.74) is 0.846. The fourth-order valence-electron chi connectivity index (χ4n) is 3.66. The van der Waals surface area contributed by atoms with Crippen LogP contribution >= 0.6 is 0 Å². The number of amides is 1. The van der Waals surface area contributed by atoms with Gasteiger partial charge < -0.3 is 14.1 Å². The predicted octanol–water partition coefficient (Wildman–Crippen LogP) is 7.22. The fourth-order valence-corrected chi connectivity index (χ4v) is 4.34. The smallest absolute Gasteiger partial charge is 0.416 e. The summed E-state index contributed by atoms with van der Waals surface area (Å²) in [4.78, 5) is 14.0. The van der Waals surface area contributed by atoms with E-state index in [0.29, 0.717) is 17.6 Å². The molecule has 2 radical (unpaired) electrons. The molecule has 0 N–H and O–H groups in total. The first kappa shape index (κ1) is 27.0. The maximum Gasteiger partial charge on any atom is 0.416 e. The average molecular weight is 504 g/mol. The molecule has 0 fully saturated rings. The first-order valence-corrected chi connectivity index (χ1v) is 12.5. The molecule has 35 heavy (non-hydrogen) atoms. The second-order valence-electron chi connectivity index (χ2n) is 10.2. The highest BCUT2D eigenvalue weighted by molar-refractivity contribution is 6.31. The molecule has 0 aliphatic carbocycles. The molecule has 4 nitrogen and oxygen atoms in total. The van der Waals surface area contributed by atoms with Crippen LogP contribution in [0.4, 0.5) is 18.0 Å². The van der Waals surface area contributed by atoms with Gasteiger partial charge in [-0.1, -0.05) is 63.2 Å². The second kappa shape index (κ2) is 10.6. The van der Waals surface area contributed by atoms with Gasteiger partial charge in [-0.15, -0.1) is 0 Å². The zero-order chi connectivity index (χ0) is 25.9. The lowest BCUT2D eigenvalue weighted by molar-refractivity contribution is -0.137. The van der Waals surface area contributed by atoms with E-state index in [9.17, 15) is 18.0 Å². The number of halogens is 3. The van der Waals surface area contributed by atoms with Crippen LogP contribution in [-0.4, -0.2) is 33.8 Å². The first-order chi connectivity index (χ1) is 16.3. The predicted molar refractivity (Wildman–Crippen MR) is 132 cm³/mol. The van der Waals surface area contributed by atoms with Gasteiger partial charge in [0.25, 0.3) is 0 Å². The van der Waals surface area contributed by atoms with Crippen molar-refractivity contribution >= 4 is 21.4 Å². The Bertz CT molecular complexity index is 1060. The monoisotopic (exact) mass is 503 g/mol. The lowest BCUT2D eigenvalue weighted by Gasteiger charge is -2.31. The van der Waals surface area contributed by atoms with Gasteiger partial charge in [-0.25, -0.2) is 4.79 Å². The molecule has 0 saturated carbocycles. The minimum atomic E-state index is -4.49. The van der Waals surface area contributed by atoms with Gasteiger partial charge in [0.05, 0.1) is 11.2 Å². The van der Waals surface area contributed by atoms with Gasteiger partial charge in [0.2, 0.25) is 9.76 Å². The van der Waals surface area contributed by atoms with Crippen LogP contribution in [0.3, 0.4) is 0 Å². The lowest BCUT2D eigenvalue weighted by atomic mass is 9.88. The summed E-state index contributed by atoms with van der Waals surface area (Å²) in [6.45, 7) is 10.5.